The third kappa shape index (κ3) is 3.89. The van der Waals surface area contributed by atoms with Crippen molar-refractivity contribution in [1.82, 2.24) is 4.98 Å². The van der Waals surface area contributed by atoms with Crippen molar-refractivity contribution < 1.29 is 0 Å². The highest BCUT2D eigenvalue weighted by Crippen LogP contribution is 2.28. The van der Waals surface area contributed by atoms with Crippen LogP contribution in [0.1, 0.15) is 13.3 Å². The molecule has 4 heteroatoms. The molecular weight excluding hydrogens is 254 g/mol. The Morgan fingerprint density at radius 2 is 2.05 bits per heavy atom. The number of aromatic nitrogens is 1. The molecule has 0 saturated heterocycles. The summed E-state index contributed by atoms with van der Waals surface area (Å²) < 4.78 is 0. The van der Waals surface area contributed by atoms with E-state index in [9.17, 15) is 0 Å². The Bertz CT molecular complexity index is 528. The number of rotatable bonds is 6. The molecule has 0 aliphatic carbocycles. The molecule has 2 rings (SSSR count). The molecule has 100 valence electrons. The number of nitrogens with one attached hydrogen (secondary N) is 2. The van der Waals surface area contributed by atoms with Crippen LogP contribution in [0.25, 0.3) is 0 Å². The van der Waals surface area contributed by atoms with Gasteiger partial charge in [0, 0.05) is 29.4 Å². The fourth-order valence-electron chi connectivity index (χ4n) is 1.76. The minimum Gasteiger partial charge on any atom is -0.370 e. The summed E-state index contributed by atoms with van der Waals surface area (Å²) in [7, 11) is 0. The van der Waals surface area contributed by atoms with Gasteiger partial charge >= 0.3 is 0 Å². The average Bonchev–Trinajstić information content (AvgIpc) is 2.46. The van der Waals surface area contributed by atoms with E-state index < -0.39 is 0 Å². The topological polar surface area (TPSA) is 37.0 Å². The Hall–Kier alpha value is -1.68. The summed E-state index contributed by atoms with van der Waals surface area (Å²) in [6, 6.07) is 12.3. The van der Waals surface area contributed by atoms with Gasteiger partial charge in [0.15, 0.2) is 0 Å². The van der Waals surface area contributed by atoms with Crippen molar-refractivity contribution in [3.05, 3.63) is 42.6 Å². The zero-order valence-corrected chi connectivity index (χ0v) is 12.1. The highest BCUT2D eigenvalue weighted by Gasteiger charge is 2.02. The quantitative estimate of drug-likeness (QED) is 0.766. The van der Waals surface area contributed by atoms with E-state index in [2.05, 4.69) is 47.0 Å². The maximum absolute atomic E-state index is 4.30. The summed E-state index contributed by atoms with van der Waals surface area (Å²) in [6.07, 6.45) is 5.00. The molecule has 19 heavy (non-hydrogen) atoms. The first-order valence-corrected chi connectivity index (χ1v) is 7.66. The van der Waals surface area contributed by atoms with Gasteiger partial charge in [0.05, 0.1) is 5.69 Å². The predicted molar refractivity (Wildman–Crippen MR) is 84.5 cm³/mol. The van der Waals surface area contributed by atoms with Gasteiger partial charge < -0.3 is 10.6 Å². The first-order chi connectivity index (χ1) is 9.33. The van der Waals surface area contributed by atoms with Crippen molar-refractivity contribution in [2.45, 2.75) is 18.2 Å². The molecule has 1 aromatic heterocycles. The normalized spacial score (nSPS) is 10.2. The maximum Gasteiger partial charge on any atom is 0.127 e. The third-order valence-electron chi connectivity index (χ3n) is 2.70. The van der Waals surface area contributed by atoms with E-state index in [1.165, 1.54) is 4.90 Å². The molecular formula is C15H19N3S. The van der Waals surface area contributed by atoms with Crippen LogP contribution in [0.5, 0.6) is 0 Å². The van der Waals surface area contributed by atoms with E-state index in [0.717, 1.165) is 30.2 Å². The smallest absolute Gasteiger partial charge is 0.127 e. The van der Waals surface area contributed by atoms with E-state index in [4.69, 9.17) is 0 Å². The lowest BCUT2D eigenvalue weighted by Crippen LogP contribution is -2.02. The van der Waals surface area contributed by atoms with Crippen LogP contribution in [0.3, 0.4) is 0 Å². The van der Waals surface area contributed by atoms with Crippen LogP contribution < -0.4 is 10.6 Å². The summed E-state index contributed by atoms with van der Waals surface area (Å²) in [4.78, 5) is 5.54. The monoisotopic (exact) mass is 273 g/mol. The zero-order chi connectivity index (χ0) is 13.5. The van der Waals surface area contributed by atoms with Gasteiger partial charge in [-0.2, -0.15) is 0 Å². The SMILES string of the molecule is CCCNc1cc(Nc2ccccc2SC)ccn1. The number of pyridine rings is 1. The molecule has 0 aliphatic heterocycles. The van der Waals surface area contributed by atoms with E-state index in [0.29, 0.717) is 0 Å². The maximum atomic E-state index is 4.30. The fraction of sp³-hybridized carbons (Fsp3) is 0.267. The molecule has 0 spiro atoms. The highest BCUT2D eigenvalue weighted by molar-refractivity contribution is 7.98. The molecule has 1 aromatic carbocycles. The summed E-state index contributed by atoms with van der Waals surface area (Å²) in [5, 5.41) is 6.73. The van der Waals surface area contributed by atoms with Crippen molar-refractivity contribution in [1.29, 1.82) is 0 Å². The number of anilines is 3. The van der Waals surface area contributed by atoms with Crippen molar-refractivity contribution >= 4 is 29.0 Å². The van der Waals surface area contributed by atoms with Crippen LogP contribution in [0, 0.1) is 0 Å². The first-order valence-electron chi connectivity index (χ1n) is 6.43. The molecule has 0 atom stereocenters. The molecule has 0 bridgehead atoms. The second-order valence-electron chi connectivity index (χ2n) is 4.18. The Morgan fingerprint density at radius 1 is 1.21 bits per heavy atom. The summed E-state index contributed by atoms with van der Waals surface area (Å²) in [5.41, 5.74) is 2.18. The van der Waals surface area contributed by atoms with Gasteiger partial charge in [-0.05, 0) is 30.9 Å². The molecule has 0 amide bonds. The molecule has 0 radical (unpaired) electrons. The van der Waals surface area contributed by atoms with Gasteiger partial charge in [0.2, 0.25) is 0 Å². The van der Waals surface area contributed by atoms with Gasteiger partial charge in [-0.3, -0.25) is 0 Å². The van der Waals surface area contributed by atoms with Gasteiger partial charge in [-0.1, -0.05) is 19.1 Å². The summed E-state index contributed by atoms with van der Waals surface area (Å²) in [6.45, 7) is 3.08. The van der Waals surface area contributed by atoms with Crippen LogP contribution >= 0.6 is 11.8 Å². The van der Waals surface area contributed by atoms with Crippen molar-refractivity contribution in [3.8, 4) is 0 Å². The van der Waals surface area contributed by atoms with Crippen molar-refractivity contribution in [2.75, 3.05) is 23.4 Å². The standard InChI is InChI=1S/C15H19N3S/c1-3-9-16-15-11-12(8-10-17-15)18-13-6-4-5-7-14(13)19-2/h4-8,10-11H,3,9H2,1-2H3,(H2,16,17,18). The molecule has 2 N–H and O–H groups in total. The number of nitrogens with zero attached hydrogens (tertiary/aromatic N) is 1. The first kappa shape index (κ1) is 13.7. The lowest BCUT2D eigenvalue weighted by Gasteiger charge is -2.11. The van der Waals surface area contributed by atoms with Gasteiger partial charge in [0.25, 0.3) is 0 Å². The van der Waals surface area contributed by atoms with Crippen molar-refractivity contribution in [2.24, 2.45) is 0 Å². The minimum atomic E-state index is 0.911. The highest BCUT2D eigenvalue weighted by atomic mass is 32.2. The second kappa shape index (κ2) is 7.04. The molecule has 0 fully saturated rings. The number of hydrogen-bond acceptors (Lipinski definition) is 4. The number of benzene rings is 1. The number of hydrogen-bond donors (Lipinski definition) is 2. The predicted octanol–water partition coefficient (Wildman–Crippen LogP) is 4.37. The molecule has 3 nitrogen and oxygen atoms in total. The fourth-order valence-corrected chi connectivity index (χ4v) is 2.32. The van der Waals surface area contributed by atoms with Gasteiger partial charge in [-0.15, -0.1) is 11.8 Å². The lowest BCUT2D eigenvalue weighted by molar-refractivity contribution is 0.969. The Balaban J connectivity index is 2.14. The Kier molecular flexibility index (Phi) is 5.10. The van der Waals surface area contributed by atoms with E-state index in [-0.39, 0.29) is 0 Å². The van der Waals surface area contributed by atoms with Crippen LogP contribution in [0.15, 0.2) is 47.5 Å². The van der Waals surface area contributed by atoms with Gasteiger partial charge in [-0.25, -0.2) is 4.98 Å². The largest absolute Gasteiger partial charge is 0.370 e. The summed E-state index contributed by atoms with van der Waals surface area (Å²) in [5.74, 6) is 0.911. The molecule has 0 aliphatic rings. The second-order valence-corrected chi connectivity index (χ2v) is 5.03. The Labute approximate surface area is 118 Å². The molecule has 0 saturated carbocycles. The Morgan fingerprint density at radius 3 is 2.84 bits per heavy atom. The average molecular weight is 273 g/mol. The van der Waals surface area contributed by atoms with Crippen LogP contribution in [-0.4, -0.2) is 17.8 Å². The number of para-hydroxylation sites is 1. The zero-order valence-electron chi connectivity index (χ0n) is 11.3. The van der Waals surface area contributed by atoms with Crippen LogP contribution in [-0.2, 0) is 0 Å². The van der Waals surface area contributed by atoms with E-state index >= 15 is 0 Å². The van der Waals surface area contributed by atoms with Crippen LogP contribution in [0.4, 0.5) is 17.2 Å². The number of thioether (sulfide) groups is 1. The van der Waals surface area contributed by atoms with E-state index in [1.807, 2.05) is 24.4 Å². The van der Waals surface area contributed by atoms with E-state index in [1.54, 1.807) is 11.8 Å². The minimum absolute atomic E-state index is 0.911. The molecule has 2 aromatic rings. The third-order valence-corrected chi connectivity index (χ3v) is 3.50. The van der Waals surface area contributed by atoms with Gasteiger partial charge in [0.1, 0.15) is 5.82 Å². The summed E-state index contributed by atoms with van der Waals surface area (Å²) >= 11 is 1.74. The lowest BCUT2D eigenvalue weighted by atomic mass is 10.3. The molecule has 0 unspecified atom stereocenters. The van der Waals surface area contributed by atoms with Crippen LogP contribution in [0.2, 0.25) is 0 Å². The van der Waals surface area contributed by atoms with Crippen molar-refractivity contribution in [3.63, 3.8) is 0 Å². The molecule has 1 heterocycles.